The van der Waals surface area contributed by atoms with E-state index in [0.29, 0.717) is 5.13 Å². The minimum atomic E-state index is -0.804. The van der Waals surface area contributed by atoms with Crippen molar-refractivity contribution in [3.8, 4) is 0 Å². The number of nitrogens with zero attached hydrogens (tertiary/aromatic N) is 3. The number of likely N-dealkylation sites (N-methyl/N-ethyl adjacent to an activating group) is 1. The molecule has 22 heavy (non-hydrogen) atoms. The smallest absolute Gasteiger partial charge is 0.315 e. The lowest BCUT2D eigenvalue weighted by Gasteiger charge is -2.20. The molecule has 0 spiro atoms. The van der Waals surface area contributed by atoms with E-state index in [2.05, 4.69) is 15.2 Å². The van der Waals surface area contributed by atoms with Crippen LogP contribution in [0.2, 0.25) is 0 Å². The van der Waals surface area contributed by atoms with Crippen molar-refractivity contribution in [2.75, 3.05) is 45.2 Å². The van der Waals surface area contributed by atoms with Crippen LogP contribution < -0.4 is 5.32 Å². The summed E-state index contributed by atoms with van der Waals surface area (Å²) in [6.45, 7) is 1.19. The number of aliphatic hydroxyl groups excluding tert-OH is 2. The number of fused-ring (bicyclic) bond motifs is 1. The van der Waals surface area contributed by atoms with Crippen LogP contribution in [0.1, 0.15) is 10.6 Å². The molecule has 0 aliphatic carbocycles. The minimum absolute atomic E-state index is 0.00593. The molecule has 0 fully saturated rings. The highest BCUT2D eigenvalue weighted by atomic mass is 32.1. The molecular weight excluding hydrogens is 308 g/mol. The number of hydrogen-bond donors (Lipinski definition) is 3. The highest BCUT2D eigenvalue weighted by molar-refractivity contribution is 7.16. The van der Waals surface area contributed by atoms with Gasteiger partial charge < -0.3 is 20.0 Å². The number of aromatic nitrogens is 1. The van der Waals surface area contributed by atoms with Crippen molar-refractivity contribution in [2.24, 2.45) is 0 Å². The van der Waals surface area contributed by atoms with E-state index in [1.165, 1.54) is 11.3 Å². The zero-order chi connectivity index (χ0) is 16.1. The zero-order valence-corrected chi connectivity index (χ0v) is 13.2. The topological polar surface area (TPSA) is 106 Å². The summed E-state index contributed by atoms with van der Waals surface area (Å²) in [6.07, 6.45) is 0.827. The van der Waals surface area contributed by atoms with Crippen molar-refractivity contribution < 1.29 is 19.8 Å². The van der Waals surface area contributed by atoms with Crippen molar-refractivity contribution >= 4 is 28.3 Å². The van der Waals surface area contributed by atoms with E-state index in [0.717, 1.165) is 35.0 Å². The van der Waals surface area contributed by atoms with Crippen LogP contribution in [0.15, 0.2) is 0 Å². The predicted octanol–water partition coefficient (Wildman–Crippen LogP) is -1.12. The maximum absolute atomic E-state index is 12.0. The monoisotopic (exact) mass is 328 g/mol. The number of thiazole rings is 1. The number of carbonyl (C=O) groups is 2. The first-order valence-electron chi connectivity index (χ1n) is 7.04. The van der Waals surface area contributed by atoms with Crippen LogP contribution in [0.3, 0.4) is 0 Å². The van der Waals surface area contributed by atoms with E-state index < -0.39 is 11.8 Å². The molecule has 122 valence electrons. The van der Waals surface area contributed by atoms with Gasteiger partial charge in [0.05, 0.1) is 18.9 Å². The molecule has 1 aromatic rings. The first kappa shape index (κ1) is 16.8. The lowest BCUT2D eigenvalue weighted by Crippen LogP contribution is -2.42. The second kappa shape index (κ2) is 7.63. The maximum atomic E-state index is 12.0. The number of carbonyl (C=O) groups excluding carboxylic acids is 2. The van der Waals surface area contributed by atoms with Crippen LogP contribution in [0.25, 0.3) is 0 Å². The fourth-order valence-corrected chi connectivity index (χ4v) is 3.31. The SMILES string of the molecule is CN1CCc2nc(NC(=O)C(=O)N(CCO)CCO)sc2C1. The zero-order valence-electron chi connectivity index (χ0n) is 12.4. The number of nitrogens with one attached hydrogen (secondary N) is 1. The summed E-state index contributed by atoms with van der Waals surface area (Å²) in [5.74, 6) is -1.59. The average molecular weight is 328 g/mol. The van der Waals surface area contributed by atoms with E-state index in [-0.39, 0.29) is 26.3 Å². The highest BCUT2D eigenvalue weighted by Gasteiger charge is 2.24. The molecule has 0 atom stereocenters. The van der Waals surface area contributed by atoms with Gasteiger partial charge in [0.25, 0.3) is 0 Å². The van der Waals surface area contributed by atoms with Crippen LogP contribution in [-0.4, -0.2) is 76.7 Å². The molecule has 1 aromatic heterocycles. The third-order valence-electron chi connectivity index (χ3n) is 3.36. The number of hydrogen-bond acceptors (Lipinski definition) is 7. The van der Waals surface area contributed by atoms with Crippen molar-refractivity contribution in [2.45, 2.75) is 13.0 Å². The fraction of sp³-hybridized carbons (Fsp3) is 0.615. The summed E-state index contributed by atoms with van der Waals surface area (Å²) < 4.78 is 0. The highest BCUT2D eigenvalue weighted by Crippen LogP contribution is 2.27. The number of amides is 2. The molecule has 0 saturated heterocycles. The number of aliphatic hydroxyl groups is 2. The van der Waals surface area contributed by atoms with Gasteiger partial charge in [-0.3, -0.25) is 14.9 Å². The van der Waals surface area contributed by atoms with Gasteiger partial charge in [-0.1, -0.05) is 0 Å². The summed E-state index contributed by atoms with van der Waals surface area (Å²) >= 11 is 1.37. The third kappa shape index (κ3) is 4.01. The van der Waals surface area contributed by atoms with Crippen molar-refractivity contribution in [3.63, 3.8) is 0 Å². The Morgan fingerprint density at radius 3 is 2.68 bits per heavy atom. The lowest BCUT2D eigenvalue weighted by molar-refractivity contribution is -0.143. The van der Waals surface area contributed by atoms with Gasteiger partial charge in [0.1, 0.15) is 0 Å². The number of anilines is 1. The summed E-state index contributed by atoms with van der Waals surface area (Å²) in [5.41, 5.74) is 0.966. The minimum Gasteiger partial charge on any atom is -0.395 e. The van der Waals surface area contributed by atoms with Crippen molar-refractivity contribution in [3.05, 3.63) is 10.6 Å². The average Bonchev–Trinajstić information content (AvgIpc) is 2.87. The fourth-order valence-electron chi connectivity index (χ4n) is 2.23. The van der Waals surface area contributed by atoms with E-state index in [9.17, 15) is 9.59 Å². The Kier molecular flexibility index (Phi) is 5.83. The quantitative estimate of drug-likeness (QED) is 0.592. The predicted molar refractivity (Wildman–Crippen MR) is 81.5 cm³/mol. The first-order chi connectivity index (χ1) is 10.5. The Bertz CT molecular complexity index is 542. The Labute approximate surface area is 132 Å². The van der Waals surface area contributed by atoms with E-state index in [4.69, 9.17) is 10.2 Å². The van der Waals surface area contributed by atoms with Crippen molar-refractivity contribution in [1.82, 2.24) is 14.8 Å². The van der Waals surface area contributed by atoms with Crippen LogP contribution >= 0.6 is 11.3 Å². The number of rotatable bonds is 5. The molecule has 2 amide bonds. The second-order valence-corrected chi connectivity index (χ2v) is 6.15. The Balaban J connectivity index is 2.00. The summed E-state index contributed by atoms with van der Waals surface area (Å²) in [6, 6.07) is 0. The maximum Gasteiger partial charge on any atom is 0.315 e. The standard InChI is InChI=1S/C13H20N4O4S/c1-16-3-2-9-10(8-16)22-13(14-9)15-11(20)12(21)17(4-6-18)5-7-19/h18-19H,2-8H2,1H3,(H,14,15,20). The second-order valence-electron chi connectivity index (χ2n) is 5.07. The van der Waals surface area contributed by atoms with Gasteiger partial charge in [0.15, 0.2) is 5.13 Å². The molecule has 0 radical (unpaired) electrons. The Morgan fingerprint density at radius 2 is 2.05 bits per heavy atom. The molecule has 0 aromatic carbocycles. The molecule has 1 aliphatic heterocycles. The van der Waals surface area contributed by atoms with Gasteiger partial charge in [-0.15, -0.1) is 11.3 Å². The Hall–Kier alpha value is -1.55. The van der Waals surface area contributed by atoms with Gasteiger partial charge in [-0.2, -0.15) is 0 Å². The van der Waals surface area contributed by atoms with Gasteiger partial charge in [0, 0.05) is 37.5 Å². The van der Waals surface area contributed by atoms with E-state index in [1.807, 2.05) is 7.05 Å². The molecule has 1 aliphatic rings. The van der Waals surface area contributed by atoms with E-state index in [1.54, 1.807) is 0 Å². The van der Waals surface area contributed by atoms with Crippen LogP contribution in [0.5, 0.6) is 0 Å². The molecule has 0 saturated carbocycles. The Morgan fingerprint density at radius 1 is 1.36 bits per heavy atom. The van der Waals surface area contributed by atoms with Gasteiger partial charge in [-0.05, 0) is 7.05 Å². The van der Waals surface area contributed by atoms with Gasteiger partial charge >= 0.3 is 11.8 Å². The summed E-state index contributed by atoms with van der Waals surface area (Å²) in [7, 11) is 2.02. The van der Waals surface area contributed by atoms with Crippen LogP contribution in [0, 0.1) is 0 Å². The van der Waals surface area contributed by atoms with Crippen molar-refractivity contribution in [1.29, 1.82) is 0 Å². The normalized spacial score (nSPS) is 14.5. The van der Waals surface area contributed by atoms with Crippen LogP contribution in [-0.2, 0) is 22.6 Å². The largest absolute Gasteiger partial charge is 0.395 e. The molecular formula is C13H20N4O4S. The van der Waals surface area contributed by atoms with E-state index >= 15 is 0 Å². The molecule has 2 heterocycles. The summed E-state index contributed by atoms with van der Waals surface area (Å²) in [5, 5.41) is 20.7. The third-order valence-corrected chi connectivity index (χ3v) is 4.36. The molecule has 0 bridgehead atoms. The lowest BCUT2D eigenvalue weighted by atomic mass is 10.2. The molecule has 0 unspecified atom stereocenters. The molecule has 2 rings (SSSR count). The van der Waals surface area contributed by atoms with Gasteiger partial charge in [0.2, 0.25) is 0 Å². The molecule has 3 N–H and O–H groups in total. The summed E-state index contributed by atoms with van der Waals surface area (Å²) in [4.78, 5) is 32.7. The molecule has 8 nitrogen and oxygen atoms in total. The first-order valence-corrected chi connectivity index (χ1v) is 7.86. The van der Waals surface area contributed by atoms with Gasteiger partial charge in [-0.25, -0.2) is 4.98 Å². The van der Waals surface area contributed by atoms with Crippen LogP contribution in [0.4, 0.5) is 5.13 Å². The molecule has 9 heteroatoms.